The van der Waals surface area contributed by atoms with Crippen molar-refractivity contribution in [3.63, 3.8) is 0 Å². The SMILES string of the molecule is CCN(Cc1cccc(F)c1)C(=O)NC(C)C. The molecule has 0 saturated heterocycles. The average molecular weight is 238 g/mol. The van der Waals surface area contributed by atoms with Crippen molar-refractivity contribution in [2.75, 3.05) is 6.54 Å². The summed E-state index contributed by atoms with van der Waals surface area (Å²) in [4.78, 5) is 13.4. The van der Waals surface area contributed by atoms with Gasteiger partial charge in [-0.15, -0.1) is 0 Å². The molecule has 0 bridgehead atoms. The highest BCUT2D eigenvalue weighted by molar-refractivity contribution is 5.74. The van der Waals surface area contributed by atoms with Gasteiger partial charge in [0.2, 0.25) is 0 Å². The average Bonchev–Trinajstić information content (AvgIpc) is 2.24. The Bertz CT molecular complexity index is 379. The third kappa shape index (κ3) is 4.43. The smallest absolute Gasteiger partial charge is 0.317 e. The summed E-state index contributed by atoms with van der Waals surface area (Å²) >= 11 is 0. The van der Waals surface area contributed by atoms with Crippen molar-refractivity contribution in [3.05, 3.63) is 35.6 Å². The summed E-state index contributed by atoms with van der Waals surface area (Å²) in [6.07, 6.45) is 0. The number of amides is 2. The predicted molar refractivity (Wildman–Crippen MR) is 66.2 cm³/mol. The van der Waals surface area contributed by atoms with Crippen LogP contribution in [0.1, 0.15) is 26.3 Å². The van der Waals surface area contributed by atoms with Crippen molar-refractivity contribution < 1.29 is 9.18 Å². The Morgan fingerprint density at radius 1 is 1.47 bits per heavy atom. The van der Waals surface area contributed by atoms with Crippen molar-refractivity contribution in [3.8, 4) is 0 Å². The molecule has 0 aromatic heterocycles. The van der Waals surface area contributed by atoms with Crippen LogP contribution in [0.15, 0.2) is 24.3 Å². The van der Waals surface area contributed by atoms with Crippen LogP contribution in [0.3, 0.4) is 0 Å². The molecule has 94 valence electrons. The third-order valence-corrected chi connectivity index (χ3v) is 2.34. The molecule has 3 nitrogen and oxygen atoms in total. The second-order valence-corrected chi connectivity index (χ2v) is 4.25. The Hall–Kier alpha value is -1.58. The molecule has 1 N–H and O–H groups in total. The van der Waals surface area contributed by atoms with Gasteiger partial charge >= 0.3 is 6.03 Å². The lowest BCUT2D eigenvalue weighted by molar-refractivity contribution is 0.195. The molecule has 0 atom stereocenters. The van der Waals surface area contributed by atoms with Gasteiger partial charge in [-0.2, -0.15) is 0 Å². The Labute approximate surface area is 102 Å². The molecule has 0 saturated carbocycles. The van der Waals surface area contributed by atoms with Gasteiger partial charge in [-0.25, -0.2) is 9.18 Å². The Balaban J connectivity index is 2.66. The maximum Gasteiger partial charge on any atom is 0.317 e. The molecule has 1 aromatic carbocycles. The maximum atomic E-state index is 13.0. The molecule has 2 amide bonds. The second kappa shape index (κ2) is 6.23. The van der Waals surface area contributed by atoms with Gasteiger partial charge in [-0.1, -0.05) is 12.1 Å². The summed E-state index contributed by atoms with van der Waals surface area (Å²) in [5, 5.41) is 2.82. The molecule has 0 heterocycles. The first-order valence-corrected chi connectivity index (χ1v) is 5.82. The lowest BCUT2D eigenvalue weighted by atomic mass is 10.2. The fourth-order valence-corrected chi connectivity index (χ4v) is 1.52. The van der Waals surface area contributed by atoms with E-state index in [1.807, 2.05) is 26.8 Å². The highest BCUT2D eigenvalue weighted by Gasteiger charge is 2.12. The van der Waals surface area contributed by atoms with E-state index in [4.69, 9.17) is 0 Å². The molecular formula is C13H19FN2O. The van der Waals surface area contributed by atoms with E-state index in [1.165, 1.54) is 12.1 Å². The van der Waals surface area contributed by atoms with Crippen molar-refractivity contribution in [1.29, 1.82) is 0 Å². The van der Waals surface area contributed by atoms with Crippen LogP contribution in [-0.2, 0) is 6.54 Å². The van der Waals surface area contributed by atoms with E-state index < -0.39 is 0 Å². The quantitative estimate of drug-likeness (QED) is 0.859. The number of nitrogens with zero attached hydrogens (tertiary/aromatic N) is 1. The molecule has 0 fully saturated rings. The number of nitrogens with one attached hydrogen (secondary N) is 1. The molecular weight excluding hydrogens is 219 g/mol. The minimum Gasteiger partial charge on any atom is -0.336 e. The van der Waals surface area contributed by atoms with E-state index in [0.717, 1.165) is 5.56 Å². The molecule has 0 radical (unpaired) electrons. The molecule has 4 heteroatoms. The number of hydrogen-bond acceptors (Lipinski definition) is 1. The summed E-state index contributed by atoms with van der Waals surface area (Å²) in [5.41, 5.74) is 0.797. The molecule has 17 heavy (non-hydrogen) atoms. The third-order valence-electron chi connectivity index (χ3n) is 2.34. The lowest BCUT2D eigenvalue weighted by Crippen LogP contribution is -2.42. The molecule has 1 rings (SSSR count). The molecule has 0 aliphatic rings. The zero-order chi connectivity index (χ0) is 12.8. The van der Waals surface area contributed by atoms with Crippen LogP contribution in [0.4, 0.5) is 9.18 Å². The van der Waals surface area contributed by atoms with Gasteiger partial charge in [-0.05, 0) is 38.5 Å². The van der Waals surface area contributed by atoms with Crippen molar-refractivity contribution >= 4 is 6.03 Å². The number of urea groups is 1. The van der Waals surface area contributed by atoms with E-state index in [1.54, 1.807) is 11.0 Å². The summed E-state index contributed by atoms with van der Waals surface area (Å²) < 4.78 is 13.0. The van der Waals surface area contributed by atoms with Gasteiger partial charge in [0.15, 0.2) is 0 Å². The first-order chi connectivity index (χ1) is 8.02. The first kappa shape index (κ1) is 13.5. The normalized spacial score (nSPS) is 10.4. The first-order valence-electron chi connectivity index (χ1n) is 5.82. The fourth-order valence-electron chi connectivity index (χ4n) is 1.52. The lowest BCUT2D eigenvalue weighted by Gasteiger charge is -2.22. The van der Waals surface area contributed by atoms with Gasteiger partial charge in [0.25, 0.3) is 0 Å². The number of benzene rings is 1. The van der Waals surface area contributed by atoms with Crippen molar-refractivity contribution in [2.24, 2.45) is 0 Å². The Morgan fingerprint density at radius 2 is 2.18 bits per heavy atom. The summed E-state index contributed by atoms with van der Waals surface area (Å²) in [6, 6.07) is 6.29. The van der Waals surface area contributed by atoms with Gasteiger partial charge in [-0.3, -0.25) is 0 Å². The molecule has 0 aliphatic heterocycles. The number of hydrogen-bond donors (Lipinski definition) is 1. The van der Waals surface area contributed by atoms with Crippen LogP contribution in [0.25, 0.3) is 0 Å². The number of carbonyl (C=O) groups excluding carboxylic acids is 1. The largest absolute Gasteiger partial charge is 0.336 e. The number of carbonyl (C=O) groups is 1. The highest BCUT2D eigenvalue weighted by Crippen LogP contribution is 2.07. The van der Waals surface area contributed by atoms with Crippen LogP contribution in [-0.4, -0.2) is 23.5 Å². The molecule has 0 spiro atoms. The van der Waals surface area contributed by atoms with E-state index in [2.05, 4.69) is 5.32 Å². The topological polar surface area (TPSA) is 32.3 Å². The summed E-state index contributed by atoms with van der Waals surface area (Å²) in [7, 11) is 0. The minimum absolute atomic E-state index is 0.101. The second-order valence-electron chi connectivity index (χ2n) is 4.25. The Kier molecular flexibility index (Phi) is 4.94. The van der Waals surface area contributed by atoms with Crippen LogP contribution in [0, 0.1) is 5.82 Å². The summed E-state index contributed by atoms with van der Waals surface area (Å²) in [6.45, 7) is 6.74. The van der Waals surface area contributed by atoms with Crippen molar-refractivity contribution in [1.82, 2.24) is 10.2 Å². The van der Waals surface area contributed by atoms with Crippen LogP contribution in [0.5, 0.6) is 0 Å². The maximum absolute atomic E-state index is 13.0. The van der Waals surface area contributed by atoms with Crippen LogP contribution >= 0.6 is 0 Å². The Morgan fingerprint density at radius 3 is 2.71 bits per heavy atom. The summed E-state index contributed by atoms with van der Waals surface area (Å²) in [5.74, 6) is -0.275. The van der Waals surface area contributed by atoms with Gasteiger partial charge < -0.3 is 10.2 Å². The zero-order valence-corrected chi connectivity index (χ0v) is 10.5. The number of rotatable bonds is 4. The minimum atomic E-state index is -0.275. The van der Waals surface area contributed by atoms with E-state index in [0.29, 0.717) is 13.1 Å². The van der Waals surface area contributed by atoms with E-state index >= 15 is 0 Å². The van der Waals surface area contributed by atoms with E-state index in [-0.39, 0.29) is 17.9 Å². The van der Waals surface area contributed by atoms with Crippen LogP contribution in [0.2, 0.25) is 0 Å². The van der Waals surface area contributed by atoms with E-state index in [9.17, 15) is 9.18 Å². The predicted octanol–water partition coefficient (Wildman–Crippen LogP) is 2.77. The highest BCUT2D eigenvalue weighted by atomic mass is 19.1. The van der Waals surface area contributed by atoms with Gasteiger partial charge in [0.1, 0.15) is 5.82 Å². The molecule has 0 aliphatic carbocycles. The molecule has 0 unspecified atom stereocenters. The number of halogens is 1. The van der Waals surface area contributed by atoms with Crippen molar-refractivity contribution in [2.45, 2.75) is 33.4 Å². The van der Waals surface area contributed by atoms with Gasteiger partial charge in [0, 0.05) is 19.1 Å². The fraction of sp³-hybridized carbons (Fsp3) is 0.462. The molecule has 1 aromatic rings. The van der Waals surface area contributed by atoms with Crippen LogP contribution < -0.4 is 5.32 Å². The zero-order valence-electron chi connectivity index (χ0n) is 10.5. The van der Waals surface area contributed by atoms with Gasteiger partial charge in [0.05, 0.1) is 0 Å². The standard InChI is InChI=1S/C13H19FN2O/c1-4-16(13(17)15-10(2)3)9-11-6-5-7-12(14)8-11/h5-8,10H,4,9H2,1-3H3,(H,15,17). The monoisotopic (exact) mass is 238 g/mol.